The molecule has 1 N–H and O–H groups in total. The molecule has 1 aromatic carbocycles. The van der Waals surface area contributed by atoms with E-state index in [4.69, 9.17) is 21.1 Å². The minimum atomic E-state index is -0.485. The molecule has 6 nitrogen and oxygen atoms in total. The summed E-state index contributed by atoms with van der Waals surface area (Å²) >= 11 is 7.73. The fourth-order valence-electron chi connectivity index (χ4n) is 3.19. The lowest BCUT2D eigenvalue weighted by Crippen LogP contribution is -2.48. The second-order valence-corrected chi connectivity index (χ2v) is 7.85. The highest BCUT2D eigenvalue weighted by Gasteiger charge is 2.52. The molecule has 3 rings (SSSR count). The summed E-state index contributed by atoms with van der Waals surface area (Å²) in [6, 6.07) is 2.72. The van der Waals surface area contributed by atoms with E-state index in [1.54, 1.807) is 28.8 Å². The highest BCUT2D eigenvalue weighted by atomic mass is 35.5. The molecule has 2 saturated heterocycles. The Kier molecular flexibility index (Phi) is 4.57. The van der Waals surface area contributed by atoms with Crippen molar-refractivity contribution in [2.45, 2.75) is 30.7 Å². The molecule has 24 heavy (non-hydrogen) atoms. The van der Waals surface area contributed by atoms with Crippen LogP contribution >= 0.6 is 23.4 Å². The first-order valence-electron chi connectivity index (χ1n) is 7.58. The van der Waals surface area contributed by atoms with Gasteiger partial charge in [0.1, 0.15) is 17.5 Å². The lowest BCUT2D eigenvalue weighted by Gasteiger charge is -2.30. The quantitative estimate of drug-likeness (QED) is 0.882. The van der Waals surface area contributed by atoms with Gasteiger partial charge in [0.25, 0.3) is 0 Å². The molecule has 130 valence electrons. The van der Waals surface area contributed by atoms with E-state index in [0.29, 0.717) is 34.4 Å². The third-order valence-electron chi connectivity index (χ3n) is 4.48. The summed E-state index contributed by atoms with van der Waals surface area (Å²) in [5, 5.41) is 3.24. The first-order valence-corrected chi connectivity index (χ1v) is 8.94. The highest BCUT2D eigenvalue weighted by Crippen LogP contribution is 2.47. The maximum atomic E-state index is 12.8. The number of methoxy groups -OCH3 is 2. The smallest absolute Gasteiger partial charge is 0.248 e. The molecule has 0 radical (unpaired) electrons. The molecule has 2 amide bonds. The molecular weight excluding hydrogens is 352 g/mol. The first kappa shape index (κ1) is 17.2. The number of amides is 2. The Morgan fingerprint density at radius 3 is 2.75 bits per heavy atom. The molecule has 0 spiro atoms. The van der Waals surface area contributed by atoms with Crippen molar-refractivity contribution < 1.29 is 19.1 Å². The van der Waals surface area contributed by atoms with E-state index >= 15 is 0 Å². The van der Waals surface area contributed by atoms with Crippen LogP contribution in [0.1, 0.15) is 19.8 Å². The van der Waals surface area contributed by atoms with Crippen LogP contribution in [0, 0.1) is 0 Å². The van der Waals surface area contributed by atoms with E-state index in [9.17, 15) is 9.59 Å². The Bertz CT molecular complexity index is 699. The lowest BCUT2D eigenvalue weighted by molar-refractivity contribution is -0.135. The standard InChI is InChI=1S/C16H19ClN2O4S/c1-16-5-4-14(20)19(16)11(8-24-16)15(21)18-10-7-12(22-2)9(17)6-13(10)23-3/h6-7,11H,4-5,8H2,1-3H3,(H,18,21)/t11-,16-/m1/s1. The molecule has 2 aliphatic heterocycles. The minimum Gasteiger partial charge on any atom is -0.495 e. The predicted molar refractivity (Wildman–Crippen MR) is 93.9 cm³/mol. The molecule has 8 heteroatoms. The van der Waals surface area contributed by atoms with Gasteiger partial charge in [-0.15, -0.1) is 11.8 Å². The van der Waals surface area contributed by atoms with Gasteiger partial charge in [-0.1, -0.05) is 11.6 Å². The fourth-order valence-corrected chi connectivity index (χ4v) is 4.85. The van der Waals surface area contributed by atoms with Crippen LogP contribution in [0.25, 0.3) is 0 Å². The van der Waals surface area contributed by atoms with Gasteiger partial charge in [-0.05, 0) is 13.3 Å². The third kappa shape index (κ3) is 2.80. The summed E-state index contributed by atoms with van der Waals surface area (Å²) in [7, 11) is 3.00. The van der Waals surface area contributed by atoms with Crippen LogP contribution in [0.5, 0.6) is 11.5 Å². The van der Waals surface area contributed by atoms with Crippen molar-refractivity contribution in [3.05, 3.63) is 17.2 Å². The maximum Gasteiger partial charge on any atom is 0.248 e. The molecule has 0 bridgehead atoms. The lowest BCUT2D eigenvalue weighted by atomic mass is 10.2. The SMILES string of the molecule is COc1cc(NC(=O)[C@H]2CS[C@]3(C)CCC(=O)N23)c(OC)cc1Cl. The summed E-state index contributed by atoms with van der Waals surface area (Å²) in [5.41, 5.74) is 0.467. The number of carbonyl (C=O) groups excluding carboxylic acids is 2. The zero-order valence-corrected chi connectivity index (χ0v) is 15.3. The average Bonchev–Trinajstić information content (AvgIpc) is 3.05. The van der Waals surface area contributed by atoms with Gasteiger partial charge in [-0.25, -0.2) is 0 Å². The van der Waals surface area contributed by atoms with Crippen LogP contribution in [0.15, 0.2) is 12.1 Å². The number of hydrogen-bond donors (Lipinski definition) is 1. The fraction of sp³-hybridized carbons (Fsp3) is 0.500. The Hall–Kier alpha value is -1.60. The molecule has 0 unspecified atom stereocenters. The third-order valence-corrected chi connectivity index (χ3v) is 6.28. The number of nitrogens with one attached hydrogen (secondary N) is 1. The minimum absolute atomic E-state index is 0.0308. The molecule has 1 aromatic rings. The topological polar surface area (TPSA) is 67.9 Å². The van der Waals surface area contributed by atoms with Crippen LogP contribution in [-0.2, 0) is 9.59 Å². The molecule has 0 aromatic heterocycles. The van der Waals surface area contributed by atoms with Crippen LogP contribution in [0.4, 0.5) is 5.69 Å². The van der Waals surface area contributed by atoms with Gasteiger partial charge in [0.2, 0.25) is 11.8 Å². The number of halogens is 1. The summed E-state index contributed by atoms with van der Waals surface area (Å²) in [6.45, 7) is 2.02. The van der Waals surface area contributed by atoms with Gasteiger partial charge >= 0.3 is 0 Å². The number of nitrogens with zero attached hydrogens (tertiary/aromatic N) is 1. The van der Waals surface area contributed by atoms with Crippen molar-refractivity contribution in [1.82, 2.24) is 4.90 Å². The molecule has 2 atom stereocenters. The van der Waals surface area contributed by atoms with Gasteiger partial charge < -0.3 is 19.7 Å². The van der Waals surface area contributed by atoms with Crippen molar-refractivity contribution in [3.63, 3.8) is 0 Å². The monoisotopic (exact) mass is 370 g/mol. The number of rotatable bonds is 4. The van der Waals surface area contributed by atoms with Gasteiger partial charge in [0.05, 0.1) is 29.8 Å². The van der Waals surface area contributed by atoms with Crippen molar-refractivity contribution in [2.24, 2.45) is 0 Å². The normalized spacial score (nSPS) is 25.6. The number of thioether (sulfide) groups is 1. The van der Waals surface area contributed by atoms with Crippen molar-refractivity contribution >= 4 is 40.9 Å². The largest absolute Gasteiger partial charge is 0.495 e. The van der Waals surface area contributed by atoms with E-state index in [1.807, 2.05) is 6.92 Å². The van der Waals surface area contributed by atoms with Crippen molar-refractivity contribution in [3.8, 4) is 11.5 Å². The molecular formula is C16H19ClN2O4S. The van der Waals surface area contributed by atoms with Crippen LogP contribution < -0.4 is 14.8 Å². The maximum absolute atomic E-state index is 12.8. The summed E-state index contributed by atoms with van der Waals surface area (Å²) in [5.74, 6) is 1.26. The Morgan fingerprint density at radius 1 is 1.38 bits per heavy atom. The van der Waals surface area contributed by atoms with E-state index in [1.165, 1.54) is 14.2 Å². The molecule has 0 saturated carbocycles. The Morgan fingerprint density at radius 2 is 2.08 bits per heavy atom. The Labute approximate surface area is 149 Å². The predicted octanol–water partition coefficient (Wildman–Crippen LogP) is 2.75. The van der Waals surface area contributed by atoms with Gasteiger partial charge in [-0.2, -0.15) is 0 Å². The van der Waals surface area contributed by atoms with Gasteiger partial charge in [0, 0.05) is 24.3 Å². The number of carbonyl (C=O) groups is 2. The van der Waals surface area contributed by atoms with E-state index in [0.717, 1.165) is 6.42 Å². The molecule has 2 fully saturated rings. The molecule has 2 aliphatic rings. The first-order chi connectivity index (χ1) is 11.4. The van der Waals surface area contributed by atoms with Gasteiger partial charge in [0.15, 0.2) is 0 Å². The van der Waals surface area contributed by atoms with E-state index in [-0.39, 0.29) is 16.7 Å². The van der Waals surface area contributed by atoms with Crippen LogP contribution in [0.2, 0.25) is 5.02 Å². The zero-order chi connectivity index (χ0) is 17.5. The van der Waals surface area contributed by atoms with Crippen molar-refractivity contribution in [2.75, 3.05) is 25.3 Å². The van der Waals surface area contributed by atoms with Crippen LogP contribution in [-0.4, -0.2) is 47.6 Å². The van der Waals surface area contributed by atoms with E-state index < -0.39 is 6.04 Å². The summed E-state index contributed by atoms with van der Waals surface area (Å²) in [4.78, 5) is 26.4. The second-order valence-electron chi connectivity index (χ2n) is 5.94. The average molecular weight is 371 g/mol. The number of hydrogen-bond acceptors (Lipinski definition) is 5. The summed E-state index contributed by atoms with van der Waals surface area (Å²) < 4.78 is 10.5. The Balaban J connectivity index is 1.84. The van der Waals surface area contributed by atoms with Gasteiger partial charge in [-0.3, -0.25) is 9.59 Å². The van der Waals surface area contributed by atoms with Crippen LogP contribution in [0.3, 0.4) is 0 Å². The molecule has 2 heterocycles. The number of benzene rings is 1. The highest BCUT2D eigenvalue weighted by molar-refractivity contribution is 8.01. The number of anilines is 1. The van der Waals surface area contributed by atoms with E-state index in [2.05, 4.69) is 5.32 Å². The zero-order valence-electron chi connectivity index (χ0n) is 13.7. The van der Waals surface area contributed by atoms with Crippen molar-refractivity contribution in [1.29, 1.82) is 0 Å². The number of ether oxygens (including phenoxy) is 2. The molecule has 0 aliphatic carbocycles. The second kappa shape index (κ2) is 6.37. The summed E-state index contributed by atoms with van der Waals surface area (Å²) in [6.07, 6.45) is 1.27. The number of fused-ring (bicyclic) bond motifs is 1.